The Labute approximate surface area is 138 Å². The van der Waals surface area contributed by atoms with E-state index >= 15 is 0 Å². The molecule has 1 amide bonds. The first-order valence-electron chi connectivity index (χ1n) is 5.54. The number of hydrogen-bond donors (Lipinski definition) is 2. The zero-order valence-electron chi connectivity index (χ0n) is 10.2. The molecule has 5 nitrogen and oxygen atoms in total. The molecule has 0 spiro atoms. The Morgan fingerprint density at radius 2 is 1.86 bits per heavy atom. The van der Waals surface area contributed by atoms with Crippen molar-refractivity contribution in [1.82, 2.24) is 4.98 Å². The van der Waals surface area contributed by atoms with Crippen LogP contribution in [0, 0.1) is 0 Å². The van der Waals surface area contributed by atoms with Crippen molar-refractivity contribution in [2.75, 3.05) is 5.32 Å². The number of rotatable bonds is 3. The molecule has 0 atom stereocenters. The summed E-state index contributed by atoms with van der Waals surface area (Å²) >= 11 is 15.2. The Kier molecular flexibility index (Phi) is 4.82. The van der Waals surface area contributed by atoms with E-state index in [1.807, 2.05) is 0 Å². The Morgan fingerprint density at radius 3 is 2.43 bits per heavy atom. The minimum atomic E-state index is -1.25. The van der Waals surface area contributed by atoms with Crippen molar-refractivity contribution in [2.45, 2.75) is 0 Å². The van der Waals surface area contributed by atoms with Gasteiger partial charge in [-0.3, -0.25) is 9.78 Å². The lowest BCUT2D eigenvalue weighted by atomic mass is 10.2. The van der Waals surface area contributed by atoms with Crippen LogP contribution in [0.3, 0.4) is 0 Å². The number of benzene rings is 1. The van der Waals surface area contributed by atoms with E-state index in [0.29, 0.717) is 4.47 Å². The summed E-state index contributed by atoms with van der Waals surface area (Å²) in [5.41, 5.74) is -0.243. The Bertz CT molecular complexity index is 714. The highest BCUT2D eigenvalue weighted by atomic mass is 79.9. The summed E-state index contributed by atoms with van der Waals surface area (Å²) in [5, 5.41) is 12.0. The molecule has 1 heterocycles. The van der Waals surface area contributed by atoms with E-state index in [2.05, 4.69) is 26.2 Å². The van der Waals surface area contributed by atoms with E-state index in [4.69, 9.17) is 28.3 Å². The van der Waals surface area contributed by atoms with Crippen LogP contribution < -0.4 is 5.32 Å². The van der Waals surface area contributed by atoms with Crippen LogP contribution in [0.1, 0.15) is 20.8 Å². The number of aromatic carboxylic acids is 1. The van der Waals surface area contributed by atoms with Crippen molar-refractivity contribution in [1.29, 1.82) is 0 Å². The van der Waals surface area contributed by atoms with Gasteiger partial charge in [0.15, 0.2) is 0 Å². The molecular weight excluding hydrogens is 383 g/mol. The molecular formula is C13H7BrCl2N2O3. The van der Waals surface area contributed by atoms with Gasteiger partial charge in [-0.25, -0.2) is 4.79 Å². The smallest absolute Gasteiger partial charge is 0.338 e. The molecule has 8 heteroatoms. The van der Waals surface area contributed by atoms with Crippen molar-refractivity contribution < 1.29 is 14.7 Å². The number of nitrogens with one attached hydrogen (secondary N) is 1. The highest BCUT2D eigenvalue weighted by Crippen LogP contribution is 2.34. The van der Waals surface area contributed by atoms with E-state index < -0.39 is 11.9 Å². The molecule has 0 bridgehead atoms. The number of amides is 1. The summed E-state index contributed by atoms with van der Waals surface area (Å²) in [6.07, 6.45) is 1.33. The standard InChI is InChI=1S/C13H7BrCl2N2O3/c14-6-4-8(15)11(9(16)5-6)18-12(19)10-7(13(20)21)2-1-3-17-10/h1-5H,(H,18,19)(H,20,21). The van der Waals surface area contributed by atoms with Crippen LogP contribution in [0.5, 0.6) is 0 Å². The molecule has 2 aromatic rings. The van der Waals surface area contributed by atoms with Crippen LogP contribution >= 0.6 is 39.1 Å². The van der Waals surface area contributed by atoms with E-state index in [1.165, 1.54) is 18.3 Å². The molecule has 2 N–H and O–H groups in total. The van der Waals surface area contributed by atoms with E-state index in [-0.39, 0.29) is 27.0 Å². The van der Waals surface area contributed by atoms with Gasteiger partial charge in [-0.2, -0.15) is 0 Å². The third-order valence-electron chi connectivity index (χ3n) is 2.50. The predicted octanol–water partition coefficient (Wildman–Crippen LogP) is 4.10. The SMILES string of the molecule is O=C(O)c1cccnc1C(=O)Nc1c(Cl)cc(Br)cc1Cl. The second-order valence-electron chi connectivity index (χ2n) is 3.90. The molecule has 0 aliphatic rings. The first-order chi connectivity index (χ1) is 9.90. The number of halogens is 3. The normalized spacial score (nSPS) is 10.2. The molecule has 1 aromatic carbocycles. The first-order valence-corrected chi connectivity index (χ1v) is 7.09. The zero-order chi connectivity index (χ0) is 15.6. The topological polar surface area (TPSA) is 79.3 Å². The van der Waals surface area contributed by atoms with Crippen molar-refractivity contribution in [3.8, 4) is 0 Å². The lowest BCUT2D eigenvalue weighted by Gasteiger charge is -2.10. The monoisotopic (exact) mass is 388 g/mol. The predicted molar refractivity (Wildman–Crippen MR) is 83.3 cm³/mol. The molecule has 0 aliphatic carbocycles. The fourth-order valence-corrected chi connectivity index (χ4v) is 2.90. The van der Waals surface area contributed by atoms with Crippen LogP contribution in [-0.4, -0.2) is 22.0 Å². The van der Waals surface area contributed by atoms with Crippen LogP contribution in [0.4, 0.5) is 5.69 Å². The molecule has 0 saturated heterocycles. The van der Waals surface area contributed by atoms with E-state index in [9.17, 15) is 9.59 Å². The second kappa shape index (κ2) is 6.43. The molecule has 0 saturated carbocycles. The lowest BCUT2D eigenvalue weighted by molar-refractivity contribution is 0.0691. The maximum Gasteiger partial charge on any atom is 0.338 e. The Morgan fingerprint density at radius 1 is 1.24 bits per heavy atom. The third kappa shape index (κ3) is 3.53. The average molecular weight is 390 g/mol. The van der Waals surface area contributed by atoms with Crippen molar-refractivity contribution in [3.05, 3.63) is 56.2 Å². The number of carbonyl (C=O) groups is 2. The van der Waals surface area contributed by atoms with Crippen LogP contribution in [0.15, 0.2) is 34.9 Å². The summed E-state index contributed by atoms with van der Waals surface area (Å²) in [7, 11) is 0. The van der Waals surface area contributed by atoms with Gasteiger partial charge >= 0.3 is 5.97 Å². The fraction of sp³-hybridized carbons (Fsp3) is 0. The highest BCUT2D eigenvalue weighted by Gasteiger charge is 2.19. The molecule has 0 unspecified atom stereocenters. The van der Waals surface area contributed by atoms with Crippen LogP contribution in [0.25, 0.3) is 0 Å². The Hall–Kier alpha value is -1.63. The highest BCUT2D eigenvalue weighted by molar-refractivity contribution is 9.10. The van der Waals surface area contributed by atoms with E-state index in [1.54, 1.807) is 12.1 Å². The maximum absolute atomic E-state index is 12.2. The third-order valence-corrected chi connectivity index (χ3v) is 3.55. The number of carboxylic acids is 1. The van der Waals surface area contributed by atoms with Crippen LogP contribution in [0.2, 0.25) is 10.0 Å². The van der Waals surface area contributed by atoms with Crippen molar-refractivity contribution in [3.63, 3.8) is 0 Å². The number of nitrogens with zero attached hydrogens (tertiary/aromatic N) is 1. The summed E-state index contributed by atoms with van der Waals surface area (Å²) in [6, 6.07) is 5.83. The van der Waals surface area contributed by atoms with Gasteiger partial charge in [-0.05, 0) is 24.3 Å². The summed E-state index contributed by atoms with van der Waals surface area (Å²) in [5.74, 6) is -1.96. The minimum absolute atomic E-state index is 0.188. The number of aromatic nitrogens is 1. The average Bonchev–Trinajstić information content (AvgIpc) is 2.42. The number of hydrogen-bond acceptors (Lipinski definition) is 3. The zero-order valence-corrected chi connectivity index (χ0v) is 13.3. The number of pyridine rings is 1. The summed E-state index contributed by atoms with van der Waals surface area (Å²) in [6.45, 7) is 0. The molecule has 1 aromatic heterocycles. The van der Waals surface area contributed by atoms with E-state index in [0.717, 1.165) is 0 Å². The van der Waals surface area contributed by atoms with Crippen molar-refractivity contribution >= 4 is 56.7 Å². The molecule has 108 valence electrons. The quantitative estimate of drug-likeness (QED) is 0.828. The molecule has 0 aliphatic heterocycles. The van der Waals surface area contributed by atoms with Gasteiger partial charge in [-0.1, -0.05) is 39.1 Å². The molecule has 21 heavy (non-hydrogen) atoms. The van der Waals surface area contributed by atoms with Gasteiger partial charge in [0.2, 0.25) is 0 Å². The minimum Gasteiger partial charge on any atom is -0.478 e. The fourth-order valence-electron chi connectivity index (χ4n) is 1.59. The van der Waals surface area contributed by atoms with Gasteiger partial charge in [-0.15, -0.1) is 0 Å². The van der Waals surface area contributed by atoms with Gasteiger partial charge in [0.25, 0.3) is 5.91 Å². The van der Waals surface area contributed by atoms with Crippen molar-refractivity contribution in [2.24, 2.45) is 0 Å². The number of anilines is 1. The number of carboxylic acid groups (broad SMARTS) is 1. The van der Waals surface area contributed by atoms with Gasteiger partial charge in [0.05, 0.1) is 21.3 Å². The van der Waals surface area contributed by atoms with Gasteiger partial charge in [0.1, 0.15) is 5.69 Å². The summed E-state index contributed by atoms with van der Waals surface area (Å²) < 4.78 is 0.652. The second-order valence-corrected chi connectivity index (χ2v) is 5.63. The Balaban J connectivity index is 2.38. The largest absolute Gasteiger partial charge is 0.478 e. The molecule has 0 radical (unpaired) electrons. The first kappa shape index (κ1) is 15.8. The molecule has 0 fully saturated rings. The molecule has 2 rings (SSSR count). The van der Waals surface area contributed by atoms with Gasteiger partial charge < -0.3 is 10.4 Å². The van der Waals surface area contributed by atoms with Gasteiger partial charge in [0, 0.05) is 10.7 Å². The van der Waals surface area contributed by atoms with Crippen LogP contribution in [-0.2, 0) is 0 Å². The lowest BCUT2D eigenvalue weighted by Crippen LogP contribution is -2.18. The number of carbonyl (C=O) groups excluding carboxylic acids is 1. The maximum atomic E-state index is 12.2. The summed E-state index contributed by atoms with van der Waals surface area (Å²) in [4.78, 5) is 27.0.